The molecule has 7 nitrogen and oxygen atoms in total. The number of aliphatic hydroxyl groups is 1. The van der Waals surface area contributed by atoms with Crippen molar-refractivity contribution in [3.05, 3.63) is 41.3 Å². The summed E-state index contributed by atoms with van der Waals surface area (Å²) in [5.41, 5.74) is 0.166. The molecule has 1 saturated carbocycles. The molecular formula is C23H30FN3O4. The smallest absolute Gasteiger partial charge is 0.319 e. The van der Waals surface area contributed by atoms with Gasteiger partial charge in [0.25, 0.3) is 0 Å². The average molecular weight is 432 g/mol. The number of benzene rings is 1. The quantitative estimate of drug-likeness (QED) is 0.688. The lowest BCUT2D eigenvalue weighted by atomic mass is 9.83. The molecule has 1 N–H and O–H groups in total. The lowest BCUT2D eigenvalue weighted by molar-refractivity contribution is -0.0102. The second-order valence-corrected chi connectivity index (χ2v) is 8.22. The number of halogens is 1. The van der Waals surface area contributed by atoms with Crippen LogP contribution in [0, 0.1) is 17.7 Å². The molecular weight excluding hydrogens is 401 g/mol. The molecule has 0 spiro atoms. The highest BCUT2D eigenvalue weighted by atomic mass is 19.1. The Morgan fingerprint density at radius 2 is 2.03 bits per heavy atom. The van der Waals surface area contributed by atoms with E-state index >= 15 is 0 Å². The molecule has 0 bridgehead atoms. The van der Waals surface area contributed by atoms with Crippen LogP contribution in [0.1, 0.15) is 37.8 Å². The molecule has 0 unspecified atom stereocenters. The first-order chi connectivity index (χ1) is 15.0. The Morgan fingerprint density at radius 3 is 2.74 bits per heavy atom. The van der Waals surface area contributed by atoms with Crippen LogP contribution < -0.4 is 14.2 Å². The Bertz CT molecular complexity index is 928. The zero-order valence-corrected chi connectivity index (χ0v) is 18.3. The molecule has 1 aromatic carbocycles. The van der Waals surface area contributed by atoms with E-state index in [1.165, 1.54) is 13.2 Å². The molecule has 2 heterocycles. The highest BCUT2D eigenvalue weighted by Crippen LogP contribution is 2.52. The first kappa shape index (κ1) is 21.8. The monoisotopic (exact) mass is 431 g/mol. The van der Waals surface area contributed by atoms with Gasteiger partial charge in [0.15, 0.2) is 0 Å². The molecule has 2 aromatic rings. The first-order valence-corrected chi connectivity index (χ1v) is 10.9. The maximum atomic E-state index is 14.4. The Morgan fingerprint density at radius 1 is 1.23 bits per heavy atom. The van der Waals surface area contributed by atoms with Gasteiger partial charge >= 0.3 is 6.01 Å². The van der Waals surface area contributed by atoms with E-state index in [1.54, 1.807) is 18.3 Å². The number of rotatable bonds is 8. The Kier molecular flexibility index (Phi) is 6.29. The van der Waals surface area contributed by atoms with Crippen LogP contribution in [-0.2, 0) is 12.1 Å². The number of methoxy groups -OCH3 is 1. The fourth-order valence-corrected chi connectivity index (χ4v) is 4.97. The van der Waals surface area contributed by atoms with Gasteiger partial charge in [-0.05, 0) is 38.7 Å². The van der Waals surface area contributed by atoms with Crippen molar-refractivity contribution in [2.45, 2.75) is 38.8 Å². The lowest BCUT2D eigenvalue weighted by Crippen LogP contribution is -2.35. The zero-order valence-electron chi connectivity index (χ0n) is 18.3. The van der Waals surface area contributed by atoms with E-state index < -0.39 is 5.60 Å². The van der Waals surface area contributed by atoms with Crippen molar-refractivity contribution in [1.82, 2.24) is 14.9 Å². The summed E-state index contributed by atoms with van der Waals surface area (Å²) >= 11 is 0. The molecule has 1 aliphatic carbocycles. The summed E-state index contributed by atoms with van der Waals surface area (Å²) in [7, 11) is 1.53. The fraction of sp³-hybridized carbons (Fsp3) is 0.565. The van der Waals surface area contributed by atoms with Crippen LogP contribution in [0.15, 0.2) is 24.4 Å². The van der Waals surface area contributed by atoms with E-state index in [2.05, 4.69) is 14.9 Å². The standard InChI is InChI=1S/C23H30FN3O4/c1-4-30-21-18(11-25-22(26-21)31-5-2)23(28)9-8-15-12-27(14-19(15)23)13-16-6-7-17(29-3)10-20(16)24/h6-7,10-11,15,19,28H,4-5,8-9,12-14H2,1-3H3/t15-,19+,23+/m1/s1. The molecule has 4 rings (SSSR count). The fourth-order valence-electron chi connectivity index (χ4n) is 4.97. The highest BCUT2D eigenvalue weighted by Gasteiger charge is 2.54. The van der Waals surface area contributed by atoms with Gasteiger partial charge in [-0.1, -0.05) is 6.07 Å². The van der Waals surface area contributed by atoms with Gasteiger partial charge in [0, 0.05) is 43.4 Å². The number of likely N-dealkylation sites (tertiary alicyclic amines) is 1. The van der Waals surface area contributed by atoms with Crippen LogP contribution in [-0.4, -0.2) is 53.4 Å². The van der Waals surface area contributed by atoms with Gasteiger partial charge in [0.1, 0.15) is 17.2 Å². The van der Waals surface area contributed by atoms with Gasteiger partial charge in [-0.25, -0.2) is 9.37 Å². The van der Waals surface area contributed by atoms with Crippen molar-refractivity contribution < 1.29 is 23.7 Å². The molecule has 31 heavy (non-hydrogen) atoms. The van der Waals surface area contributed by atoms with E-state index in [9.17, 15) is 9.50 Å². The largest absolute Gasteiger partial charge is 0.497 e. The Hall–Kier alpha value is -2.45. The predicted octanol–water partition coefficient (Wildman–Crippen LogP) is 3.15. The number of nitrogens with zero attached hydrogens (tertiary/aromatic N) is 3. The summed E-state index contributed by atoms with van der Waals surface area (Å²) in [6, 6.07) is 5.20. The topological polar surface area (TPSA) is 76.9 Å². The minimum Gasteiger partial charge on any atom is -0.497 e. The van der Waals surface area contributed by atoms with Crippen molar-refractivity contribution >= 4 is 0 Å². The van der Waals surface area contributed by atoms with Gasteiger partial charge in [0.2, 0.25) is 5.88 Å². The van der Waals surface area contributed by atoms with Crippen molar-refractivity contribution in [2.24, 2.45) is 11.8 Å². The second-order valence-electron chi connectivity index (χ2n) is 8.22. The molecule has 2 aliphatic rings. The van der Waals surface area contributed by atoms with Crippen LogP contribution in [0.4, 0.5) is 4.39 Å². The van der Waals surface area contributed by atoms with E-state index in [-0.39, 0.29) is 17.7 Å². The Balaban J connectivity index is 1.54. The second kappa shape index (κ2) is 8.96. The van der Waals surface area contributed by atoms with Crippen molar-refractivity contribution in [1.29, 1.82) is 0 Å². The van der Waals surface area contributed by atoms with Crippen molar-refractivity contribution in [2.75, 3.05) is 33.4 Å². The normalized spacial score (nSPS) is 25.5. The molecule has 0 amide bonds. The van der Waals surface area contributed by atoms with Crippen LogP contribution in [0.5, 0.6) is 17.6 Å². The van der Waals surface area contributed by atoms with Crippen LogP contribution >= 0.6 is 0 Å². The predicted molar refractivity (Wildman–Crippen MR) is 113 cm³/mol. The third kappa shape index (κ3) is 4.19. The summed E-state index contributed by atoms with van der Waals surface area (Å²) in [5, 5.41) is 11.7. The minimum atomic E-state index is -1.08. The van der Waals surface area contributed by atoms with Crippen LogP contribution in [0.3, 0.4) is 0 Å². The SMILES string of the molecule is CCOc1ncc([C@@]2(O)CC[C@@H]3CN(Cc4ccc(OC)cc4F)C[C@@H]32)c(OCC)n1. The van der Waals surface area contributed by atoms with E-state index in [0.29, 0.717) is 61.4 Å². The zero-order chi connectivity index (χ0) is 22.0. The summed E-state index contributed by atoms with van der Waals surface area (Å²) in [5.74, 6) is 0.948. The molecule has 2 fully saturated rings. The molecule has 3 atom stereocenters. The highest BCUT2D eigenvalue weighted by molar-refractivity contribution is 5.34. The van der Waals surface area contributed by atoms with E-state index in [4.69, 9.17) is 14.2 Å². The molecule has 1 saturated heterocycles. The van der Waals surface area contributed by atoms with Crippen LogP contribution in [0.25, 0.3) is 0 Å². The molecule has 1 aliphatic heterocycles. The maximum Gasteiger partial charge on any atom is 0.319 e. The number of hydrogen-bond acceptors (Lipinski definition) is 7. The molecule has 8 heteroatoms. The summed E-state index contributed by atoms with van der Waals surface area (Å²) in [6.45, 7) is 6.63. The number of hydrogen-bond donors (Lipinski definition) is 1. The molecule has 0 radical (unpaired) electrons. The van der Waals surface area contributed by atoms with Crippen LogP contribution in [0.2, 0.25) is 0 Å². The number of aromatic nitrogens is 2. The number of ether oxygens (including phenoxy) is 3. The number of fused-ring (bicyclic) bond motifs is 1. The van der Waals surface area contributed by atoms with Gasteiger partial charge in [-0.15, -0.1) is 0 Å². The summed E-state index contributed by atoms with van der Waals surface area (Å²) < 4.78 is 30.7. The third-order valence-electron chi connectivity index (χ3n) is 6.43. The maximum absolute atomic E-state index is 14.4. The summed E-state index contributed by atoms with van der Waals surface area (Å²) in [6.07, 6.45) is 3.16. The Labute approximate surface area is 182 Å². The van der Waals surface area contributed by atoms with Crippen molar-refractivity contribution in [3.8, 4) is 17.6 Å². The molecule has 168 valence electrons. The first-order valence-electron chi connectivity index (χ1n) is 10.9. The molecule has 1 aromatic heterocycles. The van der Waals surface area contributed by atoms with Gasteiger partial charge in [-0.2, -0.15) is 4.98 Å². The van der Waals surface area contributed by atoms with Gasteiger partial charge in [0.05, 0.1) is 25.9 Å². The van der Waals surface area contributed by atoms with Gasteiger partial charge in [-0.3, -0.25) is 4.90 Å². The van der Waals surface area contributed by atoms with Crippen molar-refractivity contribution in [3.63, 3.8) is 0 Å². The third-order valence-corrected chi connectivity index (χ3v) is 6.43. The lowest BCUT2D eigenvalue weighted by Gasteiger charge is -2.31. The average Bonchev–Trinajstić information content (AvgIpc) is 3.30. The minimum absolute atomic E-state index is 0.00885. The van der Waals surface area contributed by atoms with E-state index in [0.717, 1.165) is 13.0 Å². The van der Waals surface area contributed by atoms with E-state index in [1.807, 2.05) is 13.8 Å². The summed E-state index contributed by atoms with van der Waals surface area (Å²) in [4.78, 5) is 10.9. The van der Waals surface area contributed by atoms with Gasteiger partial charge < -0.3 is 19.3 Å².